The van der Waals surface area contributed by atoms with Gasteiger partial charge in [0.1, 0.15) is 0 Å². The van der Waals surface area contributed by atoms with Crippen LogP contribution < -0.4 is 0 Å². The standard InChI is InChI=1S/C14H16O5/c1-2-19-9-4-3-6-10-11(13(15)16)7-5-8-12(10)14(17)18/h2,5,7-8H,1,3-4,6,9H2,(H,15,16)(H,17,18). The zero-order valence-corrected chi connectivity index (χ0v) is 10.5. The third-order valence-corrected chi connectivity index (χ3v) is 2.69. The first-order chi connectivity index (χ1) is 9.07. The molecular formula is C14H16O5. The van der Waals surface area contributed by atoms with Crippen molar-refractivity contribution in [3.63, 3.8) is 0 Å². The number of aromatic carboxylic acids is 2. The second-order valence-electron chi connectivity index (χ2n) is 3.94. The molecule has 0 heterocycles. The number of hydrogen-bond donors (Lipinski definition) is 2. The van der Waals surface area contributed by atoms with Gasteiger partial charge in [-0.25, -0.2) is 9.59 Å². The van der Waals surface area contributed by atoms with Gasteiger partial charge < -0.3 is 14.9 Å². The Morgan fingerprint density at radius 3 is 2.21 bits per heavy atom. The van der Waals surface area contributed by atoms with Crippen molar-refractivity contribution in [1.82, 2.24) is 0 Å². The Morgan fingerprint density at radius 2 is 1.74 bits per heavy atom. The largest absolute Gasteiger partial charge is 0.502 e. The van der Waals surface area contributed by atoms with E-state index in [1.165, 1.54) is 24.5 Å². The predicted molar refractivity (Wildman–Crippen MR) is 69.4 cm³/mol. The van der Waals surface area contributed by atoms with Crippen molar-refractivity contribution >= 4 is 11.9 Å². The molecule has 2 N–H and O–H groups in total. The van der Waals surface area contributed by atoms with Crippen LogP contribution in [0.15, 0.2) is 31.0 Å². The summed E-state index contributed by atoms with van der Waals surface area (Å²) in [4.78, 5) is 22.2. The molecule has 1 aromatic carbocycles. The number of carbonyl (C=O) groups is 2. The minimum atomic E-state index is -1.11. The molecule has 0 saturated carbocycles. The lowest BCUT2D eigenvalue weighted by Gasteiger charge is -2.09. The molecule has 5 heteroatoms. The van der Waals surface area contributed by atoms with Gasteiger partial charge in [-0.15, -0.1) is 0 Å². The zero-order chi connectivity index (χ0) is 14.3. The quantitative estimate of drug-likeness (QED) is 0.557. The maximum atomic E-state index is 11.1. The van der Waals surface area contributed by atoms with Crippen LogP contribution in [0.5, 0.6) is 0 Å². The van der Waals surface area contributed by atoms with Crippen LogP contribution in [-0.2, 0) is 11.2 Å². The number of carboxylic acid groups (broad SMARTS) is 2. The van der Waals surface area contributed by atoms with E-state index in [-0.39, 0.29) is 11.1 Å². The first-order valence-electron chi connectivity index (χ1n) is 5.89. The Labute approximate surface area is 111 Å². The molecule has 0 aromatic heterocycles. The summed E-state index contributed by atoms with van der Waals surface area (Å²) in [5.74, 6) is -2.22. The van der Waals surface area contributed by atoms with Crippen LogP contribution in [-0.4, -0.2) is 28.8 Å². The Kier molecular flexibility index (Phi) is 5.60. The average Bonchev–Trinajstić information content (AvgIpc) is 2.38. The Morgan fingerprint density at radius 1 is 1.16 bits per heavy atom. The van der Waals surface area contributed by atoms with Crippen LogP contribution >= 0.6 is 0 Å². The molecule has 102 valence electrons. The summed E-state index contributed by atoms with van der Waals surface area (Å²) in [5.41, 5.74) is 0.454. The highest BCUT2D eigenvalue weighted by Crippen LogP contribution is 2.18. The van der Waals surface area contributed by atoms with Crippen LogP contribution in [0, 0.1) is 0 Å². The smallest absolute Gasteiger partial charge is 0.335 e. The van der Waals surface area contributed by atoms with Crippen molar-refractivity contribution in [3.05, 3.63) is 47.7 Å². The normalized spacial score (nSPS) is 9.89. The highest BCUT2D eigenvalue weighted by atomic mass is 16.5. The second kappa shape index (κ2) is 7.20. The predicted octanol–water partition coefficient (Wildman–Crippen LogP) is 2.57. The highest BCUT2D eigenvalue weighted by molar-refractivity contribution is 5.96. The monoisotopic (exact) mass is 264 g/mol. The molecule has 0 bridgehead atoms. The lowest BCUT2D eigenvalue weighted by molar-refractivity contribution is 0.0695. The molecule has 1 rings (SSSR count). The van der Waals surface area contributed by atoms with Gasteiger partial charge in [0.25, 0.3) is 0 Å². The van der Waals surface area contributed by atoms with E-state index in [1.807, 2.05) is 0 Å². The van der Waals surface area contributed by atoms with Gasteiger partial charge in [-0.05, 0) is 37.0 Å². The summed E-state index contributed by atoms with van der Waals surface area (Å²) >= 11 is 0. The molecule has 0 atom stereocenters. The SMILES string of the molecule is C=COCCCCc1c(C(=O)O)cccc1C(=O)O. The Bertz CT molecular complexity index is 446. The van der Waals surface area contributed by atoms with E-state index in [2.05, 4.69) is 6.58 Å². The fourth-order valence-electron chi connectivity index (χ4n) is 1.83. The van der Waals surface area contributed by atoms with Crippen molar-refractivity contribution in [3.8, 4) is 0 Å². The third-order valence-electron chi connectivity index (χ3n) is 2.69. The first kappa shape index (κ1) is 14.8. The fraction of sp³-hybridized carbons (Fsp3) is 0.286. The highest BCUT2D eigenvalue weighted by Gasteiger charge is 2.17. The molecule has 0 saturated heterocycles. The molecule has 0 aliphatic heterocycles. The number of carboxylic acids is 2. The summed E-state index contributed by atoms with van der Waals surface area (Å²) in [5, 5.41) is 18.2. The maximum absolute atomic E-state index is 11.1. The van der Waals surface area contributed by atoms with Crippen molar-refractivity contribution in [2.75, 3.05) is 6.61 Å². The van der Waals surface area contributed by atoms with E-state index in [0.29, 0.717) is 31.4 Å². The van der Waals surface area contributed by atoms with Gasteiger partial charge >= 0.3 is 11.9 Å². The van der Waals surface area contributed by atoms with Crippen molar-refractivity contribution in [2.24, 2.45) is 0 Å². The number of rotatable bonds is 8. The van der Waals surface area contributed by atoms with Gasteiger partial charge in [-0.2, -0.15) is 0 Å². The van der Waals surface area contributed by atoms with Crippen molar-refractivity contribution < 1.29 is 24.5 Å². The van der Waals surface area contributed by atoms with Crippen LogP contribution in [0.2, 0.25) is 0 Å². The fourth-order valence-corrected chi connectivity index (χ4v) is 1.83. The number of unbranched alkanes of at least 4 members (excludes halogenated alkanes) is 1. The summed E-state index contributed by atoms with van der Waals surface area (Å²) < 4.78 is 4.96. The lowest BCUT2D eigenvalue weighted by Crippen LogP contribution is -2.10. The van der Waals surface area contributed by atoms with Gasteiger partial charge in [0.05, 0.1) is 24.0 Å². The van der Waals surface area contributed by atoms with E-state index in [1.54, 1.807) is 0 Å². The Hall–Kier alpha value is -2.30. The topological polar surface area (TPSA) is 83.8 Å². The van der Waals surface area contributed by atoms with Crippen LogP contribution in [0.25, 0.3) is 0 Å². The van der Waals surface area contributed by atoms with Gasteiger partial charge in [-0.1, -0.05) is 12.6 Å². The van der Waals surface area contributed by atoms with Crippen LogP contribution in [0.3, 0.4) is 0 Å². The third kappa shape index (κ3) is 4.13. The Balaban J connectivity index is 2.85. The number of hydrogen-bond acceptors (Lipinski definition) is 3. The van der Waals surface area contributed by atoms with Crippen LogP contribution in [0.4, 0.5) is 0 Å². The molecule has 0 radical (unpaired) electrons. The van der Waals surface area contributed by atoms with E-state index >= 15 is 0 Å². The van der Waals surface area contributed by atoms with Gasteiger partial charge in [0.15, 0.2) is 0 Å². The maximum Gasteiger partial charge on any atom is 0.335 e. The zero-order valence-electron chi connectivity index (χ0n) is 10.5. The molecule has 5 nitrogen and oxygen atoms in total. The summed E-state index contributed by atoms with van der Waals surface area (Å²) in [6.07, 6.45) is 3.09. The molecular weight excluding hydrogens is 248 g/mol. The minimum Gasteiger partial charge on any atom is -0.502 e. The van der Waals surface area contributed by atoms with E-state index in [9.17, 15) is 9.59 Å². The average molecular weight is 264 g/mol. The van der Waals surface area contributed by atoms with Gasteiger partial charge in [-0.3, -0.25) is 0 Å². The molecule has 0 aliphatic carbocycles. The lowest BCUT2D eigenvalue weighted by atomic mass is 9.96. The van der Waals surface area contributed by atoms with Crippen molar-refractivity contribution in [1.29, 1.82) is 0 Å². The molecule has 0 fully saturated rings. The van der Waals surface area contributed by atoms with Crippen molar-refractivity contribution in [2.45, 2.75) is 19.3 Å². The van der Waals surface area contributed by atoms with E-state index < -0.39 is 11.9 Å². The molecule has 1 aromatic rings. The summed E-state index contributed by atoms with van der Waals surface area (Å²) in [6, 6.07) is 4.28. The second-order valence-corrected chi connectivity index (χ2v) is 3.94. The molecule has 0 aliphatic rings. The van der Waals surface area contributed by atoms with Crippen LogP contribution in [0.1, 0.15) is 39.1 Å². The van der Waals surface area contributed by atoms with Gasteiger partial charge in [0.2, 0.25) is 0 Å². The minimum absolute atomic E-state index is 0.0459. The summed E-state index contributed by atoms with van der Waals surface area (Å²) in [7, 11) is 0. The molecule has 19 heavy (non-hydrogen) atoms. The molecule has 0 unspecified atom stereocenters. The molecule has 0 spiro atoms. The van der Waals surface area contributed by atoms with E-state index in [0.717, 1.165) is 0 Å². The van der Waals surface area contributed by atoms with Gasteiger partial charge in [0, 0.05) is 0 Å². The molecule has 0 amide bonds. The number of benzene rings is 1. The summed E-state index contributed by atoms with van der Waals surface area (Å²) in [6.45, 7) is 3.90. The first-order valence-corrected chi connectivity index (χ1v) is 5.89. The van der Waals surface area contributed by atoms with E-state index in [4.69, 9.17) is 14.9 Å². The number of ether oxygens (including phenoxy) is 1.